The Kier molecular flexibility index (Phi) is 10.6. The number of unbranched alkanes of at least 4 members (excludes halogenated alkanes) is 6. The van der Waals surface area contributed by atoms with Crippen molar-refractivity contribution in [3.05, 3.63) is 35.9 Å². The van der Waals surface area contributed by atoms with Crippen molar-refractivity contribution >= 4 is 5.78 Å². The van der Waals surface area contributed by atoms with Crippen LogP contribution in [0.2, 0.25) is 0 Å². The minimum Gasteiger partial charge on any atom is -0.388 e. The zero-order valence-corrected chi connectivity index (χ0v) is 16.9. The molecule has 1 heterocycles. The van der Waals surface area contributed by atoms with Crippen molar-refractivity contribution in [2.24, 2.45) is 5.92 Å². The molecule has 1 aromatic rings. The normalized spacial score (nSPS) is 17.6. The highest BCUT2D eigenvalue weighted by molar-refractivity contribution is 5.82. The summed E-state index contributed by atoms with van der Waals surface area (Å²) < 4.78 is 5.42. The lowest BCUT2D eigenvalue weighted by Gasteiger charge is -2.32. The number of benzene rings is 1. The Morgan fingerprint density at radius 3 is 2.33 bits per heavy atom. The van der Waals surface area contributed by atoms with E-state index in [4.69, 9.17) is 4.74 Å². The van der Waals surface area contributed by atoms with Crippen LogP contribution in [0.15, 0.2) is 30.3 Å². The fourth-order valence-electron chi connectivity index (χ4n) is 3.76. The zero-order chi connectivity index (χ0) is 19.3. The van der Waals surface area contributed by atoms with Crippen molar-refractivity contribution < 1.29 is 14.6 Å². The minimum atomic E-state index is -0.730. The van der Waals surface area contributed by atoms with E-state index < -0.39 is 6.10 Å². The van der Waals surface area contributed by atoms with Crippen molar-refractivity contribution in [2.75, 3.05) is 32.8 Å². The van der Waals surface area contributed by atoms with E-state index in [2.05, 4.69) is 11.8 Å². The molecule has 2 atom stereocenters. The van der Waals surface area contributed by atoms with Gasteiger partial charge < -0.3 is 9.84 Å². The van der Waals surface area contributed by atoms with Crippen molar-refractivity contribution in [3.63, 3.8) is 0 Å². The molecule has 27 heavy (non-hydrogen) atoms. The van der Waals surface area contributed by atoms with Gasteiger partial charge in [-0.25, -0.2) is 0 Å². The average molecular weight is 376 g/mol. The Labute approximate surface area is 164 Å². The van der Waals surface area contributed by atoms with Crippen LogP contribution in [-0.4, -0.2) is 48.6 Å². The summed E-state index contributed by atoms with van der Waals surface area (Å²) in [6, 6.07) is 9.61. The molecule has 4 heteroatoms. The van der Waals surface area contributed by atoms with Crippen LogP contribution in [0.25, 0.3) is 0 Å². The molecule has 0 saturated carbocycles. The molecule has 152 valence electrons. The summed E-state index contributed by atoms with van der Waals surface area (Å²) in [4.78, 5) is 15.2. The highest BCUT2D eigenvalue weighted by Gasteiger charge is 2.30. The van der Waals surface area contributed by atoms with Crippen LogP contribution in [0.4, 0.5) is 0 Å². The molecule has 0 aliphatic carbocycles. The van der Waals surface area contributed by atoms with Crippen molar-refractivity contribution in [1.29, 1.82) is 0 Å². The lowest BCUT2D eigenvalue weighted by molar-refractivity contribution is -0.128. The number of ether oxygens (including phenoxy) is 1. The fourth-order valence-corrected chi connectivity index (χ4v) is 3.76. The number of ketones is 1. The monoisotopic (exact) mass is 375 g/mol. The summed E-state index contributed by atoms with van der Waals surface area (Å²) >= 11 is 0. The van der Waals surface area contributed by atoms with E-state index in [0.717, 1.165) is 31.5 Å². The summed E-state index contributed by atoms with van der Waals surface area (Å²) in [5.74, 6) is -0.156. The summed E-state index contributed by atoms with van der Waals surface area (Å²) in [7, 11) is 0. The van der Waals surface area contributed by atoms with Gasteiger partial charge in [0.25, 0.3) is 0 Å². The molecule has 0 radical (unpaired) electrons. The number of rotatable bonds is 13. The van der Waals surface area contributed by atoms with Crippen molar-refractivity contribution in [3.8, 4) is 0 Å². The molecule has 1 saturated heterocycles. The predicted molar refractivity (Wildman–Crippen MR) is 110 cm³/mol. The first kappa shape index (κ1) is 22.1. The molecular formula is C23H37NO3. The number of carbonyl (C=O) groups excluding carboxylic acids is 1. The lowest BCUT2D eigenvalue weighted by atomic mass is 9.88. The molecule has 1 N–H and O–H groups in total. The van der Waals surface area contributed by atoms with E-state index in [1.165, 1.54) is 32.1 Å². The molecule has 0 aromatic heterocycles. The van der Waals surface area contributed by atoms with Gasteiger partial charge in [-0.05, 0) is 12.0 Å². The number of carbonyl (C=O) groups is 1. The number of hydrogen-bond acceptors (Lipinski definition) is 4. The smallest absolute Gasteiger partial charge is 0.140 e. The van der Waals surface area contributed by atoms with E-state index in [-0.39, 0.29) is 11.7 Å². The van der Waals surface area contributed by atoms with Crippen LogP contribution in [0.3, 0.4) is 0 Å². The third kappa shape index (κ3) is 8.12. The maximum absolute atomic E-state index is 12.9. The first-order valence-corrected chi connectivity index (χ1v) is 10.8. The molecule has 4 nitrogen and oxygen atoms in total. The quantitative estimate of drug-likeness (QED) is 0.520. The Morgan fingerprint density at radius 1 is 1.04 bits per heavy atom. The van der Waals surface area contributed by atoms with Crippen LogP contribution >= 0.6 is 0 Å². The van der Waals surface area contributed by atoms with Gasteiger partial charge in [0.1, 0.15) is 5.78 Å². The topological polar surface area (TPSA) is 49.8 Å². The largest absolute Gasteiger partial charge is 0.388 e. The second kappa shape index (κ2) is 13.0. The van der Waals surface area contributed by atoms with Gasteiger partial charge in [0.05, 0.1) is 25.2 Å². The van der Waals surface area contributed by atoms with Gasteiger partial charge in [0.2, 0.25) is 0 Å². The summed E-state index contributed by atoms with van der Waals surface area (Å²) in [6.07, 6.45) is 8.25. The molecular weight excluding hydrogens is 338 g/mol. The molecule has 0 bridgehead atoms. The van der Waals surface area contributed by atoms with Crippen molar-refractivity contribution in [1.82, 2.24) is 4.90 Å². The van der Waals surface area contributed by atoms with Gasteiger partial charge in [-0.3, -0.25) is 9.69 Å². The highest BCUT2D eigenvalue weighted by atomic mass is 16.5. The molecule has 1 aliphatic heterocycles. The number of nitrogens with zero attached hydrogens (tertiary/aromatic N) is 1. The third-order valence-electron chi connectivity index (χ3n) is 5.52. The molecule has 0 spiro atoms. The van der Waals surface area contributed by atoms with E-state index in [1.54, 1.807) is 0 Å². The van der Waals surface area contributed by atoms with Gasteiger partial charge in [0, 0.05) is 26.1 Å². The van der Waals surface area contributed by atoms with E-state index in [9.17, 15) is 9.90 Å². The van der Waals surface area contributed by atoms with Gasteiger partial charge in [0.15, 0.2) is 0 Å². The molecule has 1 fully saturated rings. The minimum absolute atomic E-state index is 0.200. The van der Waals surface area contributed by atoms with Crippen LogP contribution in [-0.2, 0) is 9.53 Å². The molecule has 1 aliphatic rings. The van der Waals surface area contributed by atoms with E-state index in [1.807, 2.05) is 30.3 Å². The number of hydrogen-bond donors (Lipinski definition) is 1. The number of morpholine rings is 1. The van der Waals surface area contributed by atoms with Gasteiger partial charge in [-0.1, -0.05) is 75.8 Å². The maximum atomic E-state index is 12.9. The maximum Gasteiger partial charge on any atom is 0.140 e. The average Bonchev–Trinajstić information content (AvgIpc) is 2.72. The fraction of sp³-hybridized carbons (Fsp3) is 0.696. The Balaban J connectivity index is 1.87. The number of aliphatic hydroxyl groups excluding tert-OH is 1. The van der Waals surface area contributed by atoms with Gasteiger partial charge in [-0.15, -0.1) is 0 Å². The molecule has 2 rings (SSSR count). The number of aliphatic hydroxyl groups is 1. The summed E-state index contributed by atoms with van der Waals surface area (Å²) in [5.41, 5.74) is 0.837. The first-order valence-electron chi connectivity index (χ1n) is 10.8. The number of Topliss-reactive ketones (excluding diaryl/α,β-unsaturated/α-hetero) is 1. The van der Waals surface area contributed by atoms with Crippen LogP contribution < -0.4 is 0 Å². The van der Waals surface area contributed by atoms with E-state index >= 15 is 0 Å². The van der Waals surface area contributed by atoms with Crippen LogP contribution in [0.1, 0.15) is 70.0 Å². The third-order valence-corrected chi connectivity index (χ3v) is 5.52. The van der Waals surface area contributed by atoms with Gasteiger partial charge >= 0.3 is 0 Å². The van der Waals surface area contributed by atoms with E-state index in [0.29, 0.717) is 26.2 Å². The molecule has 1 aromatic carbocycles. The SMILES string of the molecule is CCCCCCCCCC(=O)C(CN1CCOCC1)C(O)c1ccccc1. The Bertz CT molecular complexity index is 514. The standard InChI is InChI=1S/C23H37NO3/c1-2-3-4-5-6-7-11-14-22(25)21(19-24-15-17-27-18-16-24)23(26)20-12-9-8-10-13-20/h8-10,12-13,21,23,26H,2-7,11,14-19H2,1H3. The zero-order valence-electron chi connectivity index (χ0n) is 16.9. The molecule has 2 unspecified atom stereocenters. The van der Waals surface area contributed by atoms with Crippen LogP contribution in [0.5, 0.6) is 0 Å². The second-order valence-electron chi connectivity index (χ2n) is 7.71. The Hall–Kier alpha value is -1.23. The Morgan fingerprint density at radius 2 is 1.67 bits per heavy atom. The molecule has 0 amide bonds. The lowest BCUT2D eigenvalue weighted by Crippen LogP contribution is -2.42. The van der Waals surface area contributed by atoms with Crippen LogP contribution in [0, 0.1) is 5.92 Å². The highest BCUT2D eigenvalue weighted by Crippen LogP contribution is 2.26. The van der Waals surface area contributed by atoms with Gasteiger partial charge in [-0.2, -0.15) is 0 Å². The summed E-state index contributed by atoms with van der Waals surface area (Å²) in [6.45, 7) is 5.94. The summed E-state index contributed by atoms with van der Waals surface area (Å²) in [5, 5.41) is 10.9. The van der Waals surface area contributed by atoms with Crippen molar-refractivity contribution in [2.45, 2.75) is 64.4 Å². The second-order valence-corrected chi connectivity index (χ2v) is 7.71. The first-order chi connectivity index (χ1) is 13.2. The predicted octanol–water partition coefficient (Wildman–Crippen LogP) is 4.38.